The van der Waals surface area contributed by atoms with Gasteiger partial charge in [0.2, 0.25) is 0 Å². The molecule has 18 heavy (non-hydrogen) atoms. The van der Waals surface area contributed by atoms with Crippen molar-refractivity contribution in [2.45, 2.75) is 19.9 Å². The van der Waals surface area contributed by atoms with Gasteiger partial charge in [-0.15, -0.1) is 0 Å². The van der Waals surface area contributed by atoms with Crippen LogP contribution in [0.2, 0.25) is 0 Å². The van der Waals surface area contributed by atoms with Crippen LogP contribution >= 0.6 is 0 Å². The molecule has 2 aromatic rings. The van der Waals surface area contributed by atoms with Crippen molar-refractivity contribution in [3.63, 3.8) is 0 Å². The standard InChI is InChI=1S/C14H18FN3/c1-11-9-13(15)4-3-12(11)5-6-16-10-14-17-7-8-18(14)2/h3-4,7-9,16H,5-6,10H2,1-2H3. The van der Waals surface area contributed by atoms with Gasteiger partial charge in [-0.25, -0.2) is 9.37 Å². The Kier molecular flexibility index (Phi) is 4.10. The Balaban J connectivity index is 1.80. The van der Waals surface area contributed by atoms with Gasteiger partial charge in [0.15, 0.2) is 0 Å². The van der Waals surface area contributed by atoms with Crippen LogP contribution in [0.4, 0.5) is 4.39 Å². The van der Waals surface area contributed by atoms with Crippen LogP contribution in [0, 0.1) is 12.7 Å². The lowest BCUT2D eigenvalue weighted by molar-refractivity contribution is 0.621. The van der Waals surface area contributed by atoms with Gasteiger partial charge in [0, 0.05) is 19.4 Å². The summed E-state index contributed by atoms with van der Waals surface area (Å²) in [6.45, 7) is 3.56. The Hall–Kier alpha value is -1.68. The molecule has 0 unspecified atom stereocenters. The van der Waals surface area contributed by atoms with Crippen LogP contribution in [0.5, 0.6) is 0 Å². The molecule has 1 N–H and O–H groups in total. The third-order valence-corrected chi connectivity index (χ3v) is 3.08. The average molecular weight is 247 g/mol. The number of nitrogens with one attached hydrogen (secondary N) is 1. The normalized spacial score (nSPS) is 10.8. The number of halogens is 1. The minimum atomic E-state index is -0.169. The second-order valence-corrected chi connectivity index (χ2v) is 4.45. The Morgan fingerprint density at radius 2 is 2.22 bits per heavy atom. The van der Waals surface area contributed by atoms with Gasteiger partial charge in [0.25, 0.3) is 0 Å². The van der Waals surface area contributed by atoms with E-state index in [1.807, 2.05) is 30.8 Å². The van der Waals surface area contributed by atoms with Crippen LogP contribution in [0.1, 0.15) is 17.0 Å². The predicted molar refractivity (Wildman–Crippen MR) is 69.8 cm³/mol. The zero-order chi connectivity index (χ0) is 13.0. The first-order chi connectivity index (χ1) is 8.66. The number of benzene rings is 1. The van der Waals surface area contributed by atoms with E-state index in [0.29, 0.717) is 0 Å². The Morgan fingerprint density at radius 3 is 2.89 bits per heavy atom. The number of aromatic nitrogens is 2. The van der Waals surface area contributed by atoms with Crippen molar-refractivity contribution in [3.8, 4) is 0 Å². The molecule has 0 amide bonds. The maximum Gasteiger partial charge on any atom is 0.123 e. The fraction of sp³-hybridized carbons (Fsp3) is 0.357. The summed E-state index contributed by atoms with van der Waals surface area (Å²) in [5.41, 5.74) is 2.19. The first kappa shape index (κ1) is 12.8. The van der Waals surface area contributed by atoms with Crippen molar-refractivity contribution < 1.29 is 4.39 Å². The summed E-state index contributed by atoms with van der Waals surface area (Å²) in [6, 6.07) is 4.95. The molecule has 4 heteroatoms. The molecular weight excluding hydrogens is 229 g/mol. The Labute approximate surface area is 107 Å². The van der Waals surface area contributed by atoms with Crippen molar-refractivity contribution >= 4 is 0 Å². The van der Waals surface area contributed by atoms with E-state index >= 15 is 0 Å². The molecule has 0 aliphatic heterocycles. The van der Waals surface area contributed by atoms with Gasteiger partial charge < -0.3 is 9.88 Å². The highest BCUT2D eigenvalue weighted by molar-refractivity contribution is 5.26. The predicted octanol–water partition coefficient (Wildman–Crippen LogP) is 2.20. The molecule has 0 radical (unpaired) electrons. The largest absolute Gasteiger partial charge is 0.337 e. The molecule has 0 saturated heterocycles. The third kappa shape index (κ3) is 3.17. The van der Waals surface area contributed by atoms with E-state index in [2.05, 4.69) is 10.3 Å². The van der Waals surface area contributed by atoms with E-state index in [-0.39, 0.29) is 5.82 Å². The van der Waals surface area contributed by atoms with Crippen LogP contribution in [0.25, 0.3) is 0 Å². The third-order valence-electron chi connectivity index (χ3n) is 3.08. The van der Waals surface area contributed by atoms with E-state index in [0.717, 1.165) is 30.9 Å². The maximum atomic E-state index is 12.9. The number of imidazole rings is 1. The van der Waals surface area contributed by atoms with Crippen LogP contribution in [-0.2, 0) is 20.0 Å². The van der Waals surface area contributed by atoms with Crippen molar-refractivity contribution in [2.24, 2.45) is 7.05 Å². The molecule has 0 bridgehead atoms. The summed E-state index contributed by atoms with van der Waals surface area (Å²) in [6.07, 6.45) is 4.62. The molecule has 1 aromatic carbocycles. The van der Waals surface area contributed by atoms with Crippen molar-refractivity contribution in [1.29, 1.82) is 0 Å². The lowest BCUT2D eigenvalue weighted by atomic mass is 10.1. The maximum absolute atomic E-state index is 12.9. The number of rotatable bonds is 5. The van der Waals surface area contributed by atoms with Gasteiger partial charge in [-0.3, -0.25) is 0 Å². The highest BCUT2D eigenvalue weighted by atomic mass is 19.1. The first-order valence-corrected chi connectivity index (χ1v) is 6.09. The van der Waals surface area contributed by atoms with E-state index in [1.54, 1.807) is 12.3 Å². The number of nitrogens with zero attached hydrogens (tertiary/aromatic N) is 2. The number of aryl methyl sites for hydroxylation is 2. The number of hydrogen-bond acceptors (Lipinski definition) is 2. The van der Waals surface area contributed by atoms with Gasteiger partial charge in [0.05, 0.1) is 6.54 Å². The molecular formula is C14H18FN3. The highest BCUT2D eigenvalue weighted by Gasteiger charge is 2.01. The SMILES string of the molecule is Cc1cc(F)ccc1CCNCc1nccn1C. The second-order valence-electron chi connectivity index (χ2n) is 4.45. The van der Waals surface area contributed by atoms with Gasteiger partial charge in [-0.1, -0.05) is 6.07 Å². The molecule has 1 heterocycles. The summed E-state index contributed by atoms with van der Waals surface area (Å²) in [5.74, 6) is 0.850. The molecule has 1 aromatic heterocycles. The molecule has 0 aliphatic carbocycles. The lowest BCUT2D eigenvalue weighted by Gasteiger charge is -2.07. The topological polar surface area (TPSA) is 29.9 Å². The van der Waals surface area contributed by atoms with Crippen LogP contribution in [0.3, 0.4) is 0 Å². The van der Waals surface area contributed by atoms with Crippen molar-refractivity contribution in [1.82, 2.24) is 14.9 Å². The quantitative estimate of drug-likeness (QED) is 0.821. The van der Waals surface area contributed by atoms with Gasteiger partial charge in [0.1, 0.15) is 11.6 Å². The monoisotopic (exact) mass is 247 g/mol. The number of hydrogen-bond donors (Lipinski definition) is 1. The van der Waals surface area contributed by atoms with E-state index in [1.165, 1.54) is 11.6 Å². The summed E-state index contributed by atoms with van der Waals surface area (Å²) >= 11 is 0. The van der Waals surface area contributed by atoms with Gasteiger partial charge in [-0.2, -0.15) is 0 Å². The lowest BCUT2D eigenvalue weighted by Crippen LogP contribution is -2.19. The smallest absolute Gasteiger partial charge is 0.123 e. The molecule has 3 nitrogen and oxygen atoms in total. The summed E-state index contributed by atoms with van der Waals surface area (Å²) in [7, 11) is 1.98. The van der Waals surface area contributed by atoms with Crippen LogP contribution in [-0.4, -0.2) is 16.1 Å². The fourth-order valence-corrected chi connectivity index (χ4v) is 1.93. The highest BCUT2D eigenvalue weighted by Crippen LogP contribution is 2.10. The Bertz CT molecular complexity index is 520. The summed E-state index contributed by atoms with van der Waals surface area (Å²) in [5, 5.41) is 3.34. The summed E-state index contributed by atoms with van der Waals surface area (Å²) in [4.78, 5) is 4.24. The van der Waals surface area contributed by atoms with Gasteiger partial charge >= 0.3 is 0 Å². The molecule has 96 valence electrons. The van der Waals surface area contributed by atoms with Crippen LogP contribution < -0.4 is 5.32 Å². The van der Waals surface area contributed by atoms with Crippen molar-refractivity contribution in [3.05, 3.63) is 53.4 Å². The Morgan fingerprint density at radius 1 is 1.39 bits per heavy atom. The first-order valence-electron chi connectivity index (χ1n) is 6.09. The van der Waals surface area contributed by atoms with Gasteiger partial charge in [-0.05, 0) is 43.1 Å². The molecule has 2 rings (SSSR count). The minimum Gasteiger partial charge on any atom is -0.337 e. The minimum absolute atomic E-state index is 0.169. The fourth-order valence-electron chi connectivity index (χ4n) is 1.93. The van der Waals surface area contributed by atoms with E-state index in [4.69, 9.17) is 0 Å². The van der Waals surface area contributed by atoms with Crippen molar-refractivity contribution in [2.75, 3.05) is 6.54 Å². The molecule has 0 aliphatic rings. The zero-order valence-corrected chi connectivity index (χ0v) is 10.8. The molecule has 0 saturated carbocycles. The molecule has 0 fully saturated rings. The zero-order valence-electron chi connectivity index (χ0n) is 10.8. The second kappa shape index (κ2) is 5.78. The average Bonchev–Trinajstić information content (AvgIpc) is 2.73. The molecule has 0 spiro atoms. The van der Waals surface area contributed by atoms with E-state index < -0.39 is 0 Å². The van der Waals surface area contributed by atoms with Crippen LogP contribution in [0.15, 0.2) is 30.6 Å². The molecule has 0 atom stereocenters. The summed E-state index contributed by atoms with van der Waals surface area (Å²) < 4.78 is 14.9. The van der Waals surface area contributed by atoms with E-state index in [9.17, 15) is 4.39 Å².